The van der Waals surface area contributed by atoms with Gasteiger partial charge in [0.2, 0.25) is 0 Å². The molecular formula is C64H74N2O3. The molecule has 0 saturated heterocycles. The van der Waals surface area contributed by atoms with E-state index in [9.17, 15) is 15.2 Å². The second kappa shape index (κ2) is 23.0. The van der Waals surface area contributed by atoms with Crippen LogP contribution in [0, 0.1) is 11.3 Å². The summed E-state index contributed by atoms with van der Waals surface area (Å²) in [5.41, 5.74) is 15.3. The molecule has 8 rings (SSSR count). The first kappa shape index (κ1) is 49.3. The lowest BCUT2D eigenvalue weighted by Crippen LogP contribution is -2.26. The number of furan rings is 1. The van der Waals surface area contributed by atoms with Gasteiger partial charge in [-0.3, -0.25) is 0 Å². The van der Waals surface area contributed by atoms with Gasteiger partial charge in [-0.1, -0.05) is 191 Å². The number of carboxylic acid groups (broad SMARTS) is 1. The van der Waals surface area contributed by atoms with Crippen LogP contribution >= 0.6 is 0 Å². The monoisotopic (exact) mass is 919 g/mol. The number of aliphatic carboxylic acids is 1. The zero-order chi connectivity index (χ0) is 48.2. The number of fused-ring (bicyclic) bond motifs is 6. The molecule has 0 atom stereocenters. The Labute approximate surface area is 413 Å². The van der Waals surface area contributed by atoms with Crippen LogP contribution in [0.25, 0.3) is 39.7 Å². The van der Waals surface area contributed by atoms with E-state index in [1.807, 2.05) is 6.07 Å². The first-order valence-corrected chi connectivity index (χ1v) is 26.7. The summed E-state index contributed by atoms with van der Waals surface area (Å²) in [6, 6.07) is 47.2. The molecule has 0 radical (unpaired) electrons. The molecule has 0 amide bonds. The third kappa shape index (κ3) is 10.3. The van der Waals surface area contributed by atoms with Gasteiger partial charge >= 0.3 is 5.97 Å². The van der Waals surface area contributed by atoms with Gasteiger partial charge in [-0.05, 0) is 131 Å². The molecule has 0 bridgehead atoms. The fourth-order valence-corrected chi connectivity index (χ4v) is 12.0. The molecule has 358 valence electrons. The van der Waals surface area contributed by atoms with Gasteiger partial charge in [-0.15, -0.1) is 0 Å². The van der Waals surface area contributed by atoms with Crippen LogP contribution in [0.15, 0.2) is 131 Å². The average molecular weight is 919 g/mol. The van der Waals surface area contributed by atoms with Gasteiger partial charge < -0.3 is 14.4 Å². The van der Waals surface area contributed by atoms with E-state index in [0.29, 0.717) is 11.5 Å². The van der Waals surface area contributed by atoms with Crippen LogP contribution in [0.2, 0.25) is 0 Å². The lowest BCUT2D eigenvalue weighted by atomic mass is 9.70. The first-order valence-electron chi connectivity index (χ1n) is 26.7. The van der Waals surface area contributed by atoms with E-state index < -0.39 is 5.97 Å². The van der Waals surface area contributed by atoms with Crippen LogP contribution in [0.1, 0.15) is 184 Å². The third-order valence-electron chi connectivity index (χ3n) is 15.5. The Bertz CT molecular complexity index is 2600. The highest BCUT2D eigenvalue weighted by atomic mass is 16.4. The SMILES string of the molecule is CCCCCCC1(CCCCCC)c2ccccc2-c2ccc(N(c3ccc(-c4ccc(/C=C(/C#N)C(=O)O)o4)cc3)c3ccc4c(c3)C(CCCCCC)(CCCCCC)c3ccccc3-4)cc21. The van der Waals surface area contributed by atoms with Crippen LogP contribution in [-0.4, -0.2) is 11.1 Å². The van der Waals surface area contributed by atoms with E-state index in [2.05, 4.69) is 142 Å². The number of benzene rings is 5. The van der Waals surface area contributed by atoms with Crippen molar-refractivity contribution in [3.05, 3.63) is 155 Å². The van der Waals surface area contributed by atoms with E-state index in [1.54, 1.807) is 12.1 Å². The topological polar surface area (TPSA) is 77.5 Å². The van der Waals surface area contributed by atoms with Crippen LogP contribution in [0.5, 0.6) is 0 Å². The highest BCUT2D eigenvalue weighted by Crippen LogP contribution is 2.58. The van der Waals surface area contributed by atoms with E-state index in [4.69, 9.17) is 4.42 Å². The summed E-state index contributed by atoms with van der Waals surface area (Å²) in [4.78, 5) is 14.1. The van der Waals surface area contributed by atoms with E-state index in [0.717, 1.165) is 48.3 Å². The van der Waals surface area contributed by atoms with Crippen LogP contribution in [-0.2, 0) is 15.6 Å². The van der Waals surface area contributed by atoms with Gasteiger partial charge in [0.05, 0.1) is 0 Å². The highest BCUT2D eigenvalue weighted by molar-refractivity contribution is 5.96. The molecule has 1 heterocycles. The maximum absolute atomic E-state index is 11.6. The summed E-state index contributed by atoms with van der Waals surface area (Å²) in [6.07, 6.45) is 25.8. The smallest absolute Gasteiger partial charge is 0.346 e. The van der Waals surface area contributed by atoms with Gasteiger partial charge in [0.15, 0.2) is 0 Å². The number of carbonyl (C=O) groups is 1. The van der Waals surface area contributed by atoms with Gasteiger partial charge in [0.25, 0.3) is 0 Å². The molecule has 6 aromatic rings. The molecule has 1 N–H and O–H groups in total. The van der Waals surface area contributed by atoms with Crippen molar-refractivity contribution in [3.63, 3.8) is 0 Å². The summed E-state index contributed by atoms with van der Waals surface area (Å²) in [6.45, 7) is 9.25. The maximum atomic E-state index is 11.6. The first-order chi connectivity index (χ1) is 33.8. The van der Waals surface area contributed by atoms with Crippen molar-refractivity contribution in [2.45, 2.75) is 167 Å². The van der Waals surface area contributed by atoms with E-state index >= 15 is 0 Å². The molecular weight excluding hydrogens is 845 g/mol. The number of hydrogen-bond acceptors (Lipinski definition) is 4. The van der Waals surface area contributed by atoms with Gasteiger partial charge in [0, 0.05) is 39.5 Å². The van der Waals surface area contributed by atoms with Crippen LogP contribution < -0.4 is 4.90 Å². The number of nitrogens with zero attached hydrogens (tertiary/aromatic N) is 2. The van der Waals surface area contributed by atoms with E-state index in [-0.39, 0.29) is 16.4 Å². The second-order valence-electron chi connectivity index (χ2n) is 20.0. The standard InChI is InChI=1S/C64H74N2O3/c1-5-9-13-21-39-63(40-22-14-10-6-2)57-27-19-17-25-53(57)55-36-33-50(44-59(55)63)66(49-31-29-47(30-32-49)61-38-35-52(69-61)43-48(46-65)62(67)68)51-34-37-56-54-26-18-20-28-58(54)64(60(56)45-51,41-23-15-11-7-3)42-24-16-12-8-4/h17-20,25-38,43-45H,5-16,21-24,39-42H2,1-4H3,(H,67,68)/b48-43-. The number of carboxylic acids is 1. The minimum atomic E-state index is -1.28. The maximum Gasteiger partial charge on any atom is 0.346 e. The largest absolute Gasteiger partial charge is 0.477 e. The van der Waals surface area contributed by atoms with E-state index in [1.165, 1.54) is 153 Å². The zero-order valence-electron chi connectivity index (χ0n) is 41.9. The molecule has 0 spiro atoms. The fraction of sp³-hybridized carbons (Fsp3) is 0.406. The summed E-state index contributed by atoms with van der Waals surface area (Å²) in [5.74, 6) is -0.339. The number of rotatable bonds is 26. The normalized spacial score (nSPS) is 13.9. The molecule has 0 unspecified atom stereocenters. The zero-order valence-corrected chi connectivity index (χ0v) is 41.9. The molecule has 0 aliphatic heterocycles. The Balaban J connectivity index is 1.29. The Kier molecular flexibility index (Phi) is 16.4. The van der Waals surface area contributed by atoms with Gasteiger partial charge in [-0.25, -0.2) is 4.79 Å². The summed E-state index contributed by atoms with van der Waals surface area (Å²) >= 11 is 0. The second-order valence-corrected chi connectivity index (χ2v) is 20.0. The average Bonchev–Trinajstić information content (AvgIpc) is 4.04. The van der Waals surface area contributed by atoms with Crippen molar-refractivity contribution in [2.24, 2.45) is 0 Å². The minimum Gasteiger partial charge on any atom is -0.477 e. The minimum absolute atomic E-state index is 0.0534. The molecule has 69 heavy (non-hydrogen) atoms. The summed E-state index contributed by atoms with van der Waals surface area (Å²) in [5, 5.41) is 18.9. The number of unbranched alkanes of at least 4 members (excludes halogenated alkanes) is 12. The molecule has 0 fully saturated rings. The Morgan fingerprint density at radius 2 is 0.942 bits per heavy atom. The third-order valence-corrected chi connectivity index (χ3v) is 15.5. The van der Waals surface area contributed by atoms with Gasteiger partial charge in [0.1, 0.15) is 23.2 Å². The van der Waals surface area contributed by atoms with Crippen molar-refractivity contribution in [1.29, 1.82) is 5.26 Å². The van der Waals surface area contributed by atoms with Crippen molar-refractivity contribution in [1.82, 2.24) is 0 Å². The molecule has 5 nitrogen and oxygen atoms in total. The van der Waals surface area contributed by atoms with Crippen molar-refractivity contribution in [3.8, 4) is 39.6 Å². The van der Waals surface area contributed by atoms with Crippen LogP contribution in [0.3, 0.4) is 0 Å². The molecule has 1 aromatic heterocycles. The number of nitriles is 1. The van der Waals surface area contributed by atoms with Crippen LogP contribution in [0.4, 0.5) is 17.1 Å². The lowest BCUT2D eigenvalue weighted by Gasteiger charge is -2.35. The fourth-order valence-electron chi connectivity index (χ4n) is 12.0. The number of anilines is 3. The summed E-state index contributed by atoms with van der Waals surface area (Å²) < 4.78 is 6.12. The van der Waals surface area contributed by atoms with Crippen molar-refractivity contribution in [2.75, 3.05) is 4.90 Å². The van der Waals surface area contributed by atoms with Crippen molar-refractivity contribution < 1.29 is 14.3 Å². The van der Waals surface area contributed by atoms with Gasteiger partial charge in [-0.2, -0.15) is 5.26 Å². The summed E-state index contributed by atoms with van der Waals surface area (Å²) in [7, 11) is 0. The molecule has 5 heteroatoms. The Morgan fingerprint density at radius 1 is 0.522 bits per heavy atom. The molecule has 5 aromatic carbocycles. The number of hydrogen-bond donors (Lipinski definition) is 1. The van der Waals surface area contributed by atoms with Crippen molar-refractivity contribution >= 4 is 29.1 Å². The molecule has 0 saturated carbocycles. The molecule has 2 aliphatic rings. The predicted molar refractivity (Wildman–Crippen MR) is 288 cm³/mol. The molecule has 2 aliphatic carbocycles. The Hall–Kier alpha value is -6.12. The lowest BCUT2D eigenvalue weighted by molar-refractivity contribution is -0.132. The quantitative estimate of drug-likeness (QED) is 0.0333. The highest BCUT2D eigenvalue weighted by Gasteiger charge is 2.44. The predicted octanol–water partition coefficient (Wildman–Crippen LogP) is 18.8. The Morgan fingerprint density at radius 3 is 1.36 bits per heavy atom.